The average molecular weight is 715 g/mol. The van der Waals surface area contributed by atoms with Crippen LogP contribution in [0.2, 0.25) is 10.0 Å². The summed E-state index contributed by atoms with van der Waals surface area (Å²) in [7, 11) is 0. The predicted octanol–water partition coefficient (Wildman–Crippen LogP) is 9.85. The van der Waals surface area contributed by atoms with Crippen molar-refractivity contribution in [3.63, 3.8) is 0 Å². The minimum Gasteiger partial charge on any atom is -0.372 e. The Morgan fingerprint density at radius 2 is 1.50 bits per heavy atom. The van der Waals surface area contributed by atoms with Crippen molar-refractivity contribution in [2.75, 3.05) is 56.0 Å². The minimum atomic E-state index is -3.05. The van der Waals surface area contributed by atoms with Crippen LogP contribution in [0.3, 0.4) is 0 Å². The van der Waals surface area contributed by atoms with Crippen molar-refractivity contribution in [1.82, 2.24) is 9.80 Å². The fraction of sp³-hybridized carbons (Fsp3) is 0.341. The number of rotatable bonds is 9. The fourth-order valence-corrected chi connectivity index (χ4v) is 8.01. The van der Waals surface area contributed by atoms with Crippen molar-refractivity contribution in [2.45, 2.75) is 37.3 Å². The molecule has 4 aromatic rings. The van der Waals surface area contributed by atoms with Gasteiger partial charge in [-0.15, -0.1) is 0 Å². The molecule has 3 aliphatic rings. The molecular weight excluding hydrogens is 671 g/mol. The van der Waals surface area contributed by atoms with E-state index in [0.717, 1.165) is 92.3 Å². The van der Waals surface area contributed by atoms with Gasteiger partial charge < -0.3 is 10.2 Å². The Morgan fingerprint density at radius 1 is 0.820 bits per heavy atom. The Balaban J connectivity index is 1.04. The molecule has 0 aliphatic carbocycles. The number of para-hydroxylation sites is 1. The van der Waals surface area contributed by atoms with Crippen LogP contribution in [0.25, 0.3) is 0 Å². The van der Waals surface area contributed by atoms with E-state index in [2.05, 4.69) is 75.1 Å². The second-order valence-electron chi connectivity index (χ2n) is 13.6. The van der Waals surface area contributed by atoms with Crippen LogP contribution < -0.4 is 10.2 Å². The van der Waals surface area contributed by atoms with Crippen molar-refractivity contribution in [1.29, 1.82) is 0 Å². The Morgan fingerprint density at radius 3 is 2.18 bits per heavy atom. The molecule has 50 heavy (non-hydrogen) atoms. The Bertz CT molecular complexity index is 1760. The number of nitrogens with one attached hydrogen (secondary N) is 1. The first-order valence-corrected chi connectivity index (χ1v) is 18.3. The molecule has 4 aromatic carbocycles. The summed E-state index contributed by atoms with van der Waals surface area (Å²) < 4.78 is 28.8. The quantitative estimate of drug-likeness (QED) is 0.175. The third kappa shape index (κ3) is 7.76. The zero-order chi connectivity index (χ0) is 34.7. The number of fused-ring (bicyclic) bond motifs is 1. The highest BCUT2D eigenvalue weighted by atomic mass is 35.5. The lowest BCUT2D eigenvalue weighted by atomic mass is 9.86. The van der Waals surface area contributed by atoms with Crippen molar-refractivity contribution >= 4 is 40.4 Å². The van der Waals surface area contributed by atoms with Gasteiger partial charge in [0.25, 0.3) is 5.92 Å². The lowest BCUT2D eigenvalue weighted by molar-refractivity contribution is 0.0526. The van der Waals surface area contributed by atoms with Crippen molar-refractivity contribution in [3.05, 3.63) is 142 Å². The summed E-state index contributed by atoms with van der Waals surface area (Å²) in [6.45, 7) is 9.41. The molecule has 3 heterocycles. The maximum atomic E-state index is 14.4. The van der Waals surface area contributed by atoms with Crippen molar-refractivity contribution in [3.8, 4) is 0 Å². The van der Waals surface area contributed by atoms with Crippen LogP contribution >= 0.6 is 23.2 Å². The molecule has 0 amide bonds. The highest BCUT2D eigenvalue weighted by Crippen LogP contribution is 2.41. The van der Waals surface area contributed by atoms with Gasteiger partial charge in [0.2, 0.25) is 0 Å². The summed E-state index contributed by atoms with van der Waals surface area (Å²) in [6.07, 6.45) is 3.67. The molecule has 0 bridgehead atoms. The van der Waals surface area contributed by atoms with E-state index < -0.39 is 5.92 Å². The van der Waals surface area contributed by atoms with E-state index in [-0.39, 0.29) is 17.6 Å². The Hall–Kier alpha value is -3.75. The highest BCUT2D eigenvalue weighted by molar-refractivity contribution is 6.30. The molecule has 0 saturated carbocycles. The maximum absolute atomic E-state index is 14.4. The van der Waals surface area contributed by atoms with Gasteiger partial charge in [0, 0.05) is 71.8 Å². The summed E-state index contributed by atoms with van der Waals surface area (Å²) in [5.41, 5.74) is 5.62. The summed E-state index contributed by atoms with van der Waals surface area (Å²) in [5.74, 6) is -1.68. The normalized spacial score (nSPS) is 20.5. The van der Waals surface area contributed by atoms with Crippen molar-refractivity contribution < 1.29 is 8.78 Å². The van der Waals surface area contributed by atoms with Crippen LogP contribution in [0, 0.1) is 5.92 Å². The third-order valence-electron chi connectivity index (χ3n) is 10.4. The zero-order valence-electron chi connectivity index (χ0n) is 28.1. The number of allylic oxidation sites excluding steroid dienone is 1. The molecule has 0 spiro atoms. The van der Waals surface area contributed by atoms with Gasteiger partial charge in [0.05, 0.1) is 18.6 Å². The van der Waals surface area contributed by atoms with Crippen LogP contribution in [0.1, 0.15) is 53.6 Å². The van der Waals surface area contributed by atoms with Crippen LogP contribution in [-0.4, -0.2) is 61.4 Å². The second kappa shape index (κ2) is 15.2. The van der Waals surface area contributed by atoms with E-state index >= 15 is 0 Å². The van der Waals surface area contributed by atoms with Gasteiger partial charge >= 0.3 is 0 Å². The summed E-state index contributed by atoms with van der Waals surface area (Å²) >= 11 is 12.5. The van der Waals surface area contributed by atoms with Gasteiger partial charge in [-0.05, 0) is 84.8 Å². The Kier molecular flexibility index (Phi) is 10.6. The van der Waals surface area contributed by atoms with E-state index in [4.69, 9.17) is 28.2 Å². The smallest absolute Gasteiger partial charge is 0.291 e. The third-order valence-corrected chi connectivity index (χ3v) is 10.9. The molecule has 2 unspecified atom stereocenters. The highest BCUT2D eigenvalue weighted by Gasteiger charge is 2.33. The molecule has 260 valence electrons. The lowest BCUT2D eigenvalue weighted by Crippen LogP contribution is -2.50. The van der Waals surface area contributed by atoms with Gasteiger partial charge in [-0.3, -0.25) is 14.8 Å². The standard InChI is InChI=1S/C41H43Cl2F2N5/c1-2-41(44,45)32-8-5-9-35(27-32)49-21-6-7-29(20-22-49)39-36-10-3-4-11-37(36)46-38(47-39)28-48-23-25-50(26-24-48)40(30-12-16-33(42)17-13-30)31-14-18-34(43)19-15-31/h2-5,8-19,27,29,39-40H,1,6-7,20-26,28H2,(H,46,47). The van der Waals surface area contributed by atoms with Crippen LogP contribution in [0.4, 0.5) is 20.2 Å². The first kappa shape index (κ1) is 34.7. The zero-order valence-corrected chi connectivity index (χ0v) is 29.6. The second-order valence-corrected chi connectivity index (χ2v) is 14.5. The van der Waals surface area contributed by atoms with Crippen LogP contribution in [0.15, 0.2) is 115 Å². The Labute approximate surface area is 304 Å². The number of aliphatic imine (C=N–C) groups is 1. The topological polar surface area (TPSA) is 34.1 Å². The van der Waals surface area contributed by atoms with Gasteiger partial charge in [0.15, 0.2) is 0 Å². The van der Waals surface area contributed by atoms with Gasteiger partial charge in [-0.2, -0.15) is 8.78 Å². The molecule has 1 N–H and O–H groups in total. The number of hydrogen-bond acceptors (Lipinski definition) is 5. The van der Waals surface area contributed by atoms with E-state index in [0.29, 0.717) is 12.0 Å². The fourth-order valence-electron chi connectivity index (χ4n) is 7.75. The molecular formula is C41H43Cl2F2N5. The SMILES string of the molecule is C=CC(F)(F)c1cccc(N2CCCC(C3N=C(CN4CCN(C(c5ccc(Cl)cc5)c5ccc(Cl)cc5)CC4)Nc4ccccc43)CC2)c1. The number of halogens is 4. The molecule has 5 nitrogen and oxygen atoms in total. The first-order chi connectivity index (χ1) is 24.3. The molecule has 3 aliphatic heterocycles. The number of anilines is 2. The molecule has 2 atom stereocenters. The summed E-state index contributed by atoms with van der Waals surface area (Å²) in [6, 6.07) is 31.8. The predicted molar refractivity (Wildman–Crippen MR) is 203 cm³/mol. The molecule has 2 saturated heterocycles. The first-order valence-electron chi connectivity index (χ1n) is 17.5. The van der Waals surface area contributed by atoms with Gasteiger partial charge in [-0.25, -0.2) is 0 Å². The number of nitrogens with zero attached hydrogens (tertiary/aromatic N) is 4. The summed E-state index contributed by atoms with van der Waals surface area (Å²) in [5, 5.41) is 5.13. The number of alkyl halides is 2. The molecule has 7 rings (SSSR count). The van der Waals surface area contributed by atoms with E-state index in [1.807, 2.05) is 30.3 Å². The van der Waals surface area contributed by atoms with Crippen molar-refractivity contribution in [2.24, 2.45) is 10.9 Å². The average Bonchev–Trinajstić information content (AvgIpc) is 3.40. The molecule has 0 radical (unpaired) electrons. The van der Waals surface area contributed by atoms with E-state index in [1.54, 1.807) is 12.1 Å². The van der Waals surface area contributed by atoms with E-state index in [9.17, 15) is 8.78 Å². The molecule has 9 heteroatoms. The molecule has 0 aromatic heterocycles. The van der Waals surface area contributed by atoms with E-state index in [1.165, 1.54) is 22.8 Å². The van der Waals surface area contributed by atoms with Crippen LogP contribution in [0.5, 0.6) is 0 Å². The van der Waals surface area contributed by atoms with Crippen LogP contribution in [-0.2, 0) is 5.92 Å². The maximum Gasteiger partial charge on any atom is 0.291 e. The van der Waals surface area contributed by atoms with Gasteiger partial charge in [-0.1, -0.05) is 84.4 Å². The lowest BCUT2D eigenvalue weighted by Gasteiger charge is -2.40. The largest absolute Gasteiger partial charge is 0.372 e. The number of hydrogen-bond donors (Lipinski definition) is 1. The monoisotopic (exact) mass is 713 g/mol. The number of benzene rings is 4. The molecule has 2 fully saturated rings. The number of piperazine rings is 1. The number of amidine groups is 1. The minimum absolute atomic E-state index is 0.0152. The summed E-state index contributed by atoms with van der Waals surface area (Å²) in [4.78, 5) is 12.7. The van der Waals surface area contributed by atoms with Gasteiger partial charge in [0.1, 0.15) is 5.84 Å².